The minimum atomic E-state index is 0.270. The molecule has 1 saturated heterocycles. The molecule has 0 bridgehead atoms. The van der Waals surface area contributed by atoms with Gasteiger partial charge in [0.15, 0.2) is 0 Å². The molecule has 1 heterocycles. The largest absolute Gasteiger partial charge is 0.378 e. The fourth-order valence-electron chi connectivity index (χ4n) is 2.89. The van der Waals surface area contributed by atoms with E-state index in [-0.39, 0.29) is 6.04 Å². The van der Waals surface area contributed by atoms with E-state index in [9.17, 15) is 0 Å². The Hall–Kier alpha value is -1.42. The molecule has 3 rings (SSSR count). The molecule has 2 aromatic carbocycles. The number of hydrogen-bond donors (Lipinski definition) is 2. The van der Waals surface area contributed by atoms with E-state index >= 15 is 0 Å². The lowest BCUT2D eigenvalue weighted by atomic mass is 9.94. The van der Waals surface area contributed by atoms with Crippen molar-refractivity contribution in [1.82, 2.24) is 10.6 Å². The maximum atomic E-state index is 5.60. The zero-order valence-electron chi connectivity index (χ0n) is 11.2. The quantitative estimate of drug-likeness (QED) is 0.882. The van der Waals surface area contributed by atoms with Crippen LogP contribution >= 0.6 is 0 Å². The lowest BCUT2D eigenvalue weighted by Gasteiger charge is -2.32. The zero-order valence-corrected chi connectivity index (χ0v) is 11.2. The van der Waals surface area contributed by atoms with Gasteiger partial charge in [0.1, 0.15) is 0 Å². The summed E-state index contributed by atoms with van der Waals surface area (Å²) in [5, 5.41) is 9.59. The second-order valence-corrected chi connectivity index (χ2v) is 4.97. The van der Waals surface area contributed by atoms with Gasteiger partial charge in [0.2, 0.25) is 0 Å². The van der Waals surface area contributed by atoms with Gasteiger partial charge >= 0.3 is 0 Å². The Labute approximate surface area is 114 Å². The van der Waals surface area contributed by atoms with Crippen LogP contribution < -0.4 is 10.6 Å². The SMILES string of the molecule is CNC(c1cccc2ccccc12)C1COCCN1. The molecule has 2 atom stereocenters. The fourth-order valence-corrected chi connectivity index (χ4v) is 2.89. The van der Waals surface area contributed by atoms with Crippen LogP contribution in [0.5, 0.6) is 0 Å². The highest BCUT2D eigenvalue weighted by Gasteiger charge is 2.25. The first kappa shape index (κ1) is 12.6. The van der Waals surface area contributed by atoms with Crippen molar-refractivity contribution in [2.45, 2.75) is 12.1 Å². The maximum Gasteiger partial charge on any atom is 0.0638 e. The summed E-state index contributed by atoms with van der Waals surface area (Å²) < 4.78 is 5.60. The van der Waals surface area contributed by atoms with Gasteiger partial charge in [-0.05, 0) is 23.4 Å². The van der Waals surface area contributed by atoms with E-state index in [0.717, 1.165) is 19.8 Å². The molecule has 0 aromatic heterocycles. The summed E-state index contributed by atoms with van der Waals surface area (Å²) in [6.07, 6.45) is 0. The molecule has 1 aliphatic rings. The highest BCUT2D eigenvalue weighted by molar-refractivity contribution is 5.86. The standard InChI is InChI=1S/C16H20N2O/c1-17-16(15-11-19-10-9-18-15)14-8-4-6-12-5-2-3-7-13(12)14/h2-8,15-18H,9-11H2,1H3. The molecule has 1 aliphatic heterocycles. The maximum absolute atomic E-state index is 5.60. The van der Waals surface area contributed by atoms with Crippen molar-refractivity contribution in [3.05, 3.63) is 48.0 Å². The molecule has 0 amide bonds. The number of fused-ring (bicyclic) bond motifs is 1. The first-order chi connectivity index (χ1) is 9.40. The van der Waals surface area contributed by atoms with Crippen LogP contribution in [0.25, 0.3) is 10.8 Å². The van der Waals surface area contributed by atoms with Crippen molar-refractivity contribution < 1.29 is 4.74 Å². The molecular formula is C16H20N2O. The van der Waals surface area contributed by atoms with Gasteiger partial charge in [-0.1, -0.05) is 42.5 Å². The van der Waals surface area contributed by atoms with Crippen molar-refractivity contribution in [2.24, 2.45) is 0 Å². The van der Waals surface area contributed by atoms with Gasteiger partial charge in [0.05, 0.1) is 25.3 Å². The summed E-state index contributed by atoms with van der Waals surface area (Å²) in [6, 6.07) is 15.6. The van der Waals surface area contributed by atoms with Gasteiger partial charge < -0.3 is 15.4 Å². The van der Waals surface area contributed by atoms with Crippen LogP contribution in [0.15, 0.2) is 42.5 Å². The van der Waals surface area contributed by atoms with Gasteiger partial charge in [-0.25, -0.2) is 0 Å². The monoisotopic (exact) mass is 256 g/mol. The summed E-state index contributed by atoms with van der Waals surface area (Å²) in [5.74, 6) is 0. The highest BCUT2D eigenvalue weighted by atomic mass is 16.5. The number of nitrogens with one attached hydrogen (secondary N) is 2. The molecular weight excluding hydrogens is 236 g/mol. The number of benzene rings is 2. The van der Waals surface area contributed by atoms with Crippen molar-refractivity contribution in [1.29, 1.82) is 0 Å². The molecule has 100 valence electrons. The molecule has 3 nitrogen and oxygen atoms in total. The Bertz CT molecular complexity index is 544. The zero-order chi connectivity index (χ0) is 13.1. The molecule has 19 heavy (non-hydrogen) atoms. The Morgan fingerprint density at radius 3 is 2.84 bits per heavy atom. The average molecular weight is 256 g/mol. The van der Waals surface area contributed by atoms with Gasteiger partial charge in [0, 0.05) is 6.54 Å². The van der Waals surface area contributed by atoms with Crippen molar-refractivity contribution >= 4 is 10.8 Å². The van der Waals surface area contributed by atoms with Crippen LogP contribution in [-0.2, 0) is 4.74 Å². The van der Waals surface area contributed by atoms with Crippen molar-refractivity contribution in [2.75, 3.05) is 26.8 Å². The van der Waals surface area contributed by atoms with Crippen LogP contribution in [-0.4, -0.2) is 32.8 Å². The van der Waals surface area contributed by atoms with E-state index in [1.165, 1.54) is 16.3 Å². The van der Waals surface area contributed by atoms with Crippen LogP contribution in [0.2, 0.25) is 0 Å². The van der Waals surface area contributed by atoms with E-state index in [0.29, 0.717) is 6.04 Å². The predicted octanol–water partition coefficient (Wildman–Crippen LogP) is 2.09. The molecule has 2 unspecified atom stereocenters. The molecule has 0 spiro atoms. The molecule has 3 heteroatoms. The lowest BCUT2D eigenvalue weighted by Crippen LogP contribution is -2.48. The van der Waals surface area contributed by atoms with E-state index in [4.69, 9.17) is 4.74 Å². The minimum absolute atomic E-state index is 0.270. The third-order valence-corrected chi connectivity index (χ3v) is 3.82. The molecule has 0 radical (unpaired) electrons. The van der Waals surface area contributed by atoms with Crippen molar-refractivity contribution in [3.8, 4) is 0 Å². The summed E-state index contributed by atoms with van der Waals surface area (Å²) in [7, 11) is 2.02. The van der Waals surface area contributed by atoms with E-state index in [2.05, 4.69) is 53.1 Å². The molecule has 1 fully saturated rings. The third-order valence-electron chi connectivity index (χ3n) is 3.82. The normalized spacial score (nSPS) is 21.4. The number of rotatable bonds is 3. The summed E-state index contributed by atoms with van der Waals surface area (Å²) in [5.41, 5.74) is 1.34. The smallest absolute Gasteiger partial charge is 0.0638 e. The van der Waals surface area contributed by atoms with Crippen LogP contribution in [0.4, 0.5) is 0 Å². The molecule has 0 saturated carbocycles. The molecule has 2 aromatic rings. The van der Waals surface area contributed by atoms with E-state index in [1.54, 1.807) is 0 Å². The van der Waals surface area contributed by atoms with Gasteiger partial charge in [0.25, 0.3) is 0 Å². The number of hydrogen-bond acceptors (Lipinski definition) is 3. The van der Waals surface area contributed by atoms with Gasteiger partial charge in [-0.3, -0.25) is 0 Å². The highest BCUT2D eigenvalue weighted by Crippen LogP contribution is 2.26. The third kappa shape index (κ3) is 2.50. The summed E-state index contributed by atoms with van der Waals surface area (Å²) >= 11 is 0. The number of ether oxygens (including phenoxy) is 1. The molecule has 2 N–H and O–H groups in total. The van der Waals surface area contributed by atoms with Crippen LogP contribution in [0.3, 0.4) is 0 Å². The lowest BCUT2D eigenvalue weighted by molar-refractivity contribution is 0.0647. The Kier molecular flexibility index (Phi) is 3.78. The number of morpholine rings is 1. The minimum Gasteiger partial charge on any atom is -0.378 e. The average Bonchev–Trinajstić information content (AvgIpc) is 2.49. The van der Waals surface area contributed by atoms with Gasteiger partial charge in [-0.15, -0.1) is 0 Å². The Morgan fingerprint density at radius 1 is 1.21 bits per heavy atom. The topological polar surface area (TPSA) is 33.3 Å². The second kappa shape index (κ2) is 5.70. The van der Waals surface area contributed by atoms with Gasteiger partial charge in [-0.2, -0.15) is 0 Å². The first-order valence-corrected chi connectivity index (χ1v) is 6.86. The fraction of sp³-hybridized carbons (Fsp3) is 0.375. The predicted molar refractivity (Wildman–Crippen MR) is 78.4 cm³/mol. The van der Waals surface area contributed by atoms with E-state index < -0.39 is 0 Å². The first-order valence-electron chi connectivity index (χ1n) is 6.86. The Morgan fingerprint density at radius 2 is 2.05 bits per heavy atom. The van der Waals surface area contributed by atoms with Crippen LogP contribution in [0.1, 0.15) is 11.6 Å². The van der Waals surface area contributed by atoms with Crippen LogP contribution in [0, 0.1) is 0 Å². The van der Waals surface area contributed by atoms with E-state index in [1.807, 2.05) is 7.05 Å². The summed E-state index contributed by atoms with van der Waals surface area (Å²) in [4.78, 5) is 0. The second-order valence-electron chi connectivity index (χ2n) is 4.97. The van der Waals surface area contributed by atoms with Crippen molar-refractivity contribution in [3.63, 3.8) is 0 Å². The summed E-state index contributed by atoms with van der Waals surface area (Å²) in [6.45, 7) is 2.49. The Balaban J connectivity index is 2.00. The molecule has 0 aliphatic carbocycles. The number of likely N-dealkylation sites (N-methyl/N-ethyl adjacent to an activating group) is 1.